The fourth-order valence-electron chi connectivity index (χ4n) is 2.58. The van der Waals surface area contributed by atoms with Gasteiger partial charge in [-0.05, 0) is 44.1 Å². The van der Waals surface area contributed by atoms with Crippen molar-refractivity contribution in [3.05, 3.63) is 30.0 Å². The standard InChI is InChI=1S/C14H16N2O2/c17-12-8-10(9-16-6-1-2-7-16)14(18)11-4-3-5-15-13(11)12/h3-5,8,17-18H,1-2,6-7,9H2. The van der Waals surface area contributed by atoms with Crippen LogP contribution in [0.15, 0.2) is 24.4 Å². The summed E-state index contributed by atoms with van der Waals surface area (Å²) in [5, 5.41) is 20.8. The molecule has 0 aliphatic carbocycles. The molecule has 0 spiro atoms. The number of aromatic nitrogens is 1. The van der Waals surface area contributed by atoms with E-state index in [4.69, 9.17) is 0 Å². The highest BCUT2D eigenvalue weighted by atomic mass is 16.3. The minimum Gasteiger partial charge on any atom is -0.507 e. The molecule has 1 aliphatic heterocycles. The van der Waals surface area contributed by atoms with E-state index in [1.165, 1.54) is 12.8 Å². The molecule has 1 aliphatic rings. The zero-order valence-corrected chi connectivity index (χ0v) is 10.1. The van der Waals surface area contributed by atoms with Crippen molar-refractivity contribution in [2.45, 2.75) is 19.4 Å². The molecule has 0 unspecified atom stereocenters. The summed E-state index contributed by atoms with van der Waals surface area (Å²) in [4.78, 5) is 6.38. The van der Waals surface area contributed by atoms with Crippen LogP contribution in [0.4, 0.5) is 0 Å². The maximum Gasteiger partial charge on any atom is 0.142 e. The number of likely N-dealkylation sites (tertiary alicyclic amines) is 1. The molecule has 1 aromatic heterocycles. The Labute approximate surface area is 105 Å². The number of hydrogen-bond donors (Lipinski definition) is 2. The fraction of sp³-hybridized carbons (Fsp3) is 0.357. The van der Waals surface area contributed by atoms with Crippen LogP contribution in [0.3, 0.4) is 0 Å². The fourth-order valence-corrected chi connectivity index (χ4v) is 2.58. The molecule has 0 saturated carbocycles. The van der Waals surface area contributed by atoms with Crippen molar-refractivity contribution in [3.8, 4) is 11.5 Å². The second kappa shape index (κ2) is 4.46. The number of aromatic hydroxyl groups is 2. The van der Waals surface area contributed by atoms with E-state index in [0.717, 1.165) is 18.7 Å². The van der Waals surface area contributed by atoms with Gasteiger partial charge in [0.2, 0.25) is 0 Å². The molecule has 94 valence electrons. The lowest BCUT2D eigenvalue weighted by molar-refractivity contribution is 0.324. The van der Waals surface area contributed by atoms with Gasteiger partial charge in [-0.15, -0.1) is 0 Å². The SMILES string of the molecule is Oc1c(CN2CCCC2)cc(O)c2ncccc12. The van der Waals surface area contributed by atoms with E-state index in [9.17, 15) is 10.2 Å². The zero-order valence-electron chi connectivity index (χ0n) is 10.1. The minimum absolute atomic E-state index is 0.137. The van der Waals surface area contributed by atoms with Crippen LogP contribution in [0, 0.1) is 0 Å². The van der Waals surface area contributed by atoms with Crippen LogP contribution in [-0.4, -0.2) is 33.2 Å². The quantitative estimate of drug-likeness (QED) is 0.795. The lowest BCUT2D eigenvalue weighted by atomic mass is 10.1. The number of hydrogen-bond acceptors (Lipinski definition) is 4. The normalized spacial score (nSPS) is 16.4. The first-order chi connectivity index (χ1) is 8.75. The molecule has 3 rings (SSSR count). The van der Waals surface area contributed by atoms with Gasteiger partial charge in [0.25, 0.3) is 0 Å². The molecule has 2 heterocycles. The number of rotatable bonds is 2. The van der Waals surface area contributed by atoms with E-state index < -0.39 is 0 Å². The molecule has 1 fully saturated rings. The van der Waals surface area contributed by atoms with Gasteiger partial charge in [-0.3, -0.25) is 9.88 Å². The van der Waals surface area contributed by atoms with Crippen LogP contribution in [0.1, 0.15) is 18.4 Å². The van der Waals surface area contributed by atoms with Crippen molar-refractivity contribution in [1.29, 1.82) is 0 Å². The van der Waals surface area contributed by atoms with Crippen molar-refractivity contribution in [3.63, 3.8) is 0 Å². The third kappa shape index (κ3) is 1.88. The summed E-state index contributed by atoms with van der Waals surface area (Å²) in [6.45, 7) is 2.81. The number of nitrogens with zero attached hydrogens (tertiary/aromatic N) is 2. The average molecular weight is 244 g/mol. The Morgan fingerprint density at radius 2 is 2.00 bits per heavy atom. The van der Waals surface area contributed by atoms with Gasteiger partial charge in [0.1, 0.15) is 17.0 Å². The molecule has 1 saturated heterocycles. The van der Waals surface area contributed by atoms with Gasteiger partial charge in [0.15, 0.2) is 0 Å². The highest BCUT2D eigenvalue weighted by molar-refractivity contribution is 5.90. The lowest BCUT2D eigenvalue weighted by Crippen LogP contribution is -2.18. The number of benzene rings is 1. The lowest BCUT2D eigenvalue weighted by Gasteiger charge is -2.16. The van der Waals surface area contributed by atoms with E-state index in [1.54, 1.807) is 24.4 Å². The summed E-state index contributed by atoms with van der Waals surface area (Å²) < 4.78 is 0. The van der Waals surface area contributed by atoms with Gasteiger partial charge >= 0.3 is 0 Å². The summed E-state index contributed by atoms with van der Waals surface area (Å²) in [7, 11) is 0. The first kappa shape index (κ1) is 11.3. The number of pyridine rings is 1. The van der Waals surface area contributed by atoms with E-state index in [-0.39, 0.29) is 11.5 Å². The number of fused-ring (bicyclic) bond motifs is 1. The van der Waals surface area contributed by atoms with Gasteiger partial charge in [-0.1, -0.05) is 0 Å². The first-order valence-electron chi connectivity index (χ1n) is 6.26. The Morgan fingerprint density at radius 1 is 1.22 bits per heavy atom. The van der Waals surface area contributed by atoms with Gasteiger partial charge in [0.05, 0.1) is 0 Å². The Kier molecular flexibility index (Phi) is 2.80. The van der Waals surface area contributed by atoms with Crippen LogP contribution in [-0.2, 0) is 6.54 Å². The van der Waals surface area contributed by atoms with Gasteiger partial charge < -0.3 is 10.2 Å². The monoisotopic (exact) mass is 244 g/mol. The molecule has 0 amide bonds. The number of phenols is 2. The molecule has 4 nitrogen and oxygen atoms in total. The highest BCUT2D eigenvalue weighted by Crippen LogP contribution is 2.34. The molecule has 2 N–H and O–H groups in total. The highest BCUT2D eigenvalue weighted by Gasteiger charge is 2.17. The molecule has 2 aromatic rings. The minimum atomic E-state index is 0.137. The van der Waals surface area contributed by atoms with Crippen LogP contribution >= 0.6 is 0 Å². The van der Waals surface area contributed by atoms with Crippen molar-refractivity contribution in [2.24, 2.45) is 0 Å². The zero-order chi connectivity index (χ0) is 12.5. The van der Waals surface area contributed by atoms with Crippen LogP contribution in [0.2, 0.25) is 0 Å². The Morgan fingerprint density at radius 3 is 2.78 bits per heavy atom. The van der Waals surface area contributed by atoms with Crippen molar-refractivity contribution < 1.29 is 10.2 Å². The van der Waals surface area contributed by atoms with Crippen molar-refractivity contribution >= 4 is 10.9 Å². The summed E-state index contributed by atoms with van der Waals surface area (Å²) in [6, 6.07) is 5.18. The predicted molar refractivity (Wildman–Crippen MR) is 69.6 cm³/mol. The smallest absolute Gasteiger partial charge is 0.142 e. The summed E-state index contributed by atoms with van der Waals surface area (Å²) >= 11 is 0. The predicted octanol–water partition coefficient (Wildman–Crippen LogP) is 2.24. The molecule has 18 heavy (non-hydrogen) atoms. The largest absolute Gasteiger partial charge is 0.507 e. The first-order valence-corrected chi connectivity index (χ1v) is 6.26. The Bertz CT molecular complexity index is 577. The molecule has 0 radical (unpaired) electrons. The second-order valence-corrected chi connectivity index (χ2v) is 4.79. The molecule has 1 aromatic carbocycles. The topological polar surface area (TPSA) is 56.6 Å². The molecule has 4 heteroatoms. The average Bonchev–Trinajstić information content (AvgIpc) is 2.89. The maximum atomic E-state index is 10.3. The maximum absolute atomic E-state index is 10.3. The van der Waals surface area contributed by atoms with Gasteiger partial charge in [-0.25, -0.2) is 0 Å². The summed E-state index contributed by atoms with van der Waals surface area (Å²) in [5.74, 6) is 0.375. The van der Waals surface area contributed by atoms with E-state index >= 15 is 0 Å². The van der Waals surface area contributed by atoms with E-state index in [0.29, 0.717) is 17.4 Å². The summed E-state index contributed by atoms with van der Waals surface area (Å²) in [5.41, 5.74) is 1.23. The van der Waals surface area contributed by atoms with Crippen molar-refractivity contribution in [1.82, 2.24) is 9.88 Å². The van der Waals surface area contributed by atoms with E-state index in [1.807, 2.05) is 0 Å². The van der Waals surface area contributed by atoms with Crippen molar-refractivity contribution in [2.75, 3.05) is 13.1 Å². The van der Waals surface area contributed by atoms with E-state index in [2.05, 4.69) is 9.88 Å². The molecule has 0 atom stereocenters. The Balaban J connectivity index is 2.04. The second-order valence-electron chi connectivity index (χ2n) is 4.79. The molecule has 0 bridgehead atoms. The van der Waals surface area contributed by atoms with Crippen LogP contribution in [0.5, 0.6) is 11.5 Å². The third-order valence-electron chi connectivity index (χ3n) is 3.51. The summed E-state index contributed by atoms with van der Waals surface area (Å²) in [6.07, 6.45) is 4.03. The van der Waals surface area contributed by atoms with Gasteiger partial charge in [0, 0.05) is 23.7 Å². The van der Waals surface area contributed by atoms with Crippen LogP contribution in [0.25, 0.3) is 10.9 Å². The number of phenolic OH excluding ortho intramolecular Hbond substituents is 2. The van der Waals surface area contributed by atoms with Crippen LogP contribution < -0.4 is 0 Å². The van der Waals surface area contributed by atoms with Gasteiger partial charge in [-0.2, -0.15) is 0 Å². The Hall–Kier alpha value is -1.81. The molecular weight excluding hydrogens is 228 g/mol. The molecular formula is C14H16N2O2. The third-order valence-corrected chi connectivity index (χ3v) is 3.51.